The molecule has 1 heterocycles. The van der Waals surface area contributed by atoms with E-state index in [4.69, 9.17) is 0 Å². The minimum absolute atomic E-state index is 0.0481. The van der Waals surface area contributed by atoms with Crippen molar-refractivity contribution in [3.05, 3.63) is 11.8 Å². The van der Waals surface area contributed by atoms with E-state index in [9.17, 15) is 4.79 Å². The fourth-order valence-corrected chi connectivity index (χ4v) is 1.65. The van der Waals surface area contributed by atoms with E-state index in [1.54, 1.807) is 0 Å². The van der Waals surface area contributed by atoms with Crippen LogP contribution in [0.15, 0.2) is 11.8 Å². The number of rotatable bonds is 2. The topological polar surface area (TPSA) is 32.3 Å². The van der Waals surface area contributed by atoms with Crippen molar-refractivity contribution in [3.8, 4) is 0 Å². The summed E-state index contributed by atoms with van der Waals surface area (Å²) >= 11 is 0. The van der Waals surface area contributed by atoms with Crippen molar-refractivity contribution in [2.45, 2.75) is 40.5 Å². The molecule has 92 valence electrons. The number of nitrogens with one attached hydrogen (secondary N) is 1. The summed E-state index contributed by atoms with van der Waals surface area (Å²) in [5, 5.41) is 2.87. The van der Waals surface area contributed by atoms with E-state index in [1.165, 1.54) is 5.57 Å². The number of likely N-dealkylation sites (tertiary alicyclic amines) is 1. The van der Waals surface area contributed by atoms with Crippen LogP contribution in [0.2, 0.25) is 0 Å². The third kappa shape index (κ3) is 3.87. The smallest absolute Gasteiger partial charge is 0.321 e. The lowest BCUT2D eigenvalue weighted by Crippen LogP contribution is -2.42. The van der Waals surface area contributed by atoms with Crippen LogP contribution in [-0.4, -0.2) is 24.0 Å². The molecule has 0 spiro atoms. The van der Waals surface area contributed by atoms with Crippen LogP contribution in [0.25, 0.3) is 0 Å². The molecule has 0 unspecified atom stereocenters. The highest BCUT2D eigenvalue weighted by atomic mass is 16.2. The Hall–Kier alpha value is -0.990. The number of hydrogen-bond acceptors (Lipinski definition) is 1. The van der Waals surface area contributed by atoms with Crippen molar-refractivity contribution in [2.75, 3.05) is 13.1 Å². The zero-order chi connectivity index (χ0) is 12.1. The van der Waals surface area contributed by atoms with E-state index in [0.29, 0.717) is 5.92 Å². The highest BCUT2D eigenvalue weighted by Gasteiger charge is 2.19. The summed E-state index contributed by atoms with van der Waals surface area (Å²) in [6.45, 7) is 10.3. The van der Waals surface area contributed by atoms with Gasteiger partial charge in [0.15, 0.2) is 0 Å². The summed E-state index contributed by atoms with van der Waals surface area (Å²) in [6.07, 6.45) is 4.09. The molecule has 0 saturated carbocycles. The normalized spacial score (nSPS) is 19.1. The van der Waals surface area contributed by atoms with Crippen molar-refractivity contribution in [1.82, 2.24) is 10.2 Å². The molecule has 3 heteroatoms. The fourth-order valence-electron chi connectivity index (χ4n) is 1.65. The molecule has 1 N–H and O–H groups in total. The SMILES string of the molecule is C/C(=C\NC(=O)N1CCC(C)CC1)C(C)C. The Morgan fingerprint density at radius 1 is 1.38 bits per heavy atom. The zero-order valence-electron chi connectivity index (χ0n) is 10.9. The molecule has 3 nitrogen and oxygen atoms in total. The minimum Gasteiger partial charge on any atom is -0.325 e. The highest BCUT2D eigenvalue weighted by molar-refractivity contribution is 5.75. The predicted molar refractivity (Wildman–Crippen MR) is 67.1 cm³/mol. The standard InChI is InChI=1S/C13H24N2O/c1-10(2)12(4)9-14-13(16)15-7-5-11(3)6-8-15/h9-11H,5-8H2,1-4H3,(H,14,16)/b12-9+. The lowest BCUT2D eigenvalue weighted by Gasteiger charge is -2.29. The van der Waals surface area contributed by atoms with Crippen LogP contribution in [0, 0.1) is 11.8 Å². The van der Waals surface area contributed by atoms with Gasteiger partial charge in [-0.25, -0.2) is 4.79 Å². The molecule has 1 aliphatic heterocycles. The molecule has 0 aromatic rings. The number of carbonyl (C=O) groups is 1. The summed E-state index contributed by atoms with van der Waals surface area (Å²) in [5.74, 6) is 1.25. The van der Waals surface area contributed by atoms with Gasteiger partial charge in [-0.15, -0.1) is 0 Å². The van der Waals surface area contributed by atoms with Crippen molar-refractivity contribution in [3.63, 3.8) is 0 Å². The van der Waals surface area contributed by atoms with Crippen LogP contribution >= 0.6 is 0 Å². The van der Waals surface area contributed by atoms with Crippen molar-refractivity contribution >= 4 is 6.03 Å². The monoisotopic (exact) mass is 224 g/mol. The molecule has 0 bridgehead atoms. The zero-order valence-corrected chi connectivity index (χ0v) is 10.9. The van der Waals surface area contributed by atoms with Gasteiger partial charge in [0, 0.05) is 19.3 Å². The second-order valence-corrected chi connectivity index (χ2v) is 5.16. The lowest BCUT2D eigenvalue weighted by atomic mass is 10.00. The predicted octanol–water partition coefficient (Wildman–Crippen LogP) is 2.99. The van der Waals surface area contributed by atoms with Gasteiger partial charge in [-0.2, -0.15) is 0 Å². The summed E-state index contributed by atoms with van der Waals surface area (Å²) in [4.78, 5) is 13.7. The van der Waals surface area contributed by atoms with Crippen molar-refractivity contribution in [1.29, 1.82) is 0 Å². The van der Waals surface area contributed by atoms with Gasteiger partial charge in [-0.3, -0.25) is 0 Å². The Morgan fingerprint density at radius 2 is 1.94 bits per heavy atom. The van der Waals surface area contributed by atoms with Crippen molar-refractivity contribution < 1.29 is 4.79 Å². The van der Waals surface area contributed by atoms with E-state index >= 15 is 0 Å². The van der Waals surface area contributed by atoms with Gasteiger partial charge in [0.25, 0.3) is 0 Å². The average Bonchev–Trinajstić information content (AvgIpc) is 2.26. The maximum atomic E-state index is 11.8. The third-order valence-corrected chi connectivity index (χ3v) is 3.40. The fraction of sp³-hybridized carbons (Fsp3) is 0.769. The number of amides is 2. The van der Waals surface area contributed by atoms with Gasteiger partial charge in [-0.1, -0.05) is 26.3 Å². The number of piperidine rings is 1. The quantitative estimate of drug-likeness (QED) is 0.768. The van der Waals surface area contributed by atoms with Gasteiger partial charge < -0.3 is 10.2 Å². The second-order valence-electron chi connectivity index (χ2n) is 5.16. The maximum Gasteiger partial charge on any atom is 0.321 e. The van der Waals surface area contributed by atoms with Gasteiger partial charge in [0.05, 0.1) is 0 Å². The third-order valence-electron chi connectivity index (χ3n) is 3.40. The molecule has 2 amide bonds. The first-order valence-electron chi connectivity index (χ1n) is 6.22. The van der Waals surface area contributed by atoms with Gasteiger partial charge in [-0.05, 0) is 31.6 Å². The Labute approximate surface area is 98.9 Å². The van der Waals surface area contributed by atoms with Crippen molar-refractivity contribution in [2.24, 2.45) is 11.8 Å². The lowest BCUT2D eigenvalue weighted by molar-refractivity contribution is 0.177. The van der Waals surface area contributed by atoms with E-state index in [2.05, 4.69) is 26.1 Å². The van der Waals surface area contributed by atoms with Crippen LogP contribution in [0.4, 0.5) is 4.79 Å². The second kappa shape index (κ2) is 5.92. The first-order valence-corrected chi connectivity index (χ1v) is 6.22. The van der Waals surface area contributed by atoms with Gasteiger partial charge >= 0.3 is 6.03 Å². The Balaban J connectivity index is 2.38. The first kappa shape index (κ1) is 13.1. The molecule has 1 saturated heterocycles. The Bertz CT molecular complexity index is 263. The molecule has 1 fully saturated rings. The summed E-state index contributed by atoms with van der Waals surface area (Å²) < 4.78 is 0. The number of urea groups is 1. The largest absolute Gasteiger partial charge is 0.325 e. The van der Waals surface area contributed by atoms with E-state index in [1.807, 2.05) is 18.0 Å². The number of nitrogens with zero attached hydrogens (tertiary/aromatic N) is 1. The Kier molecular flexibility index (Phi) is 4.84. The number of allylic oxidation sites excluding steroid dienone is 1. The molecule has 0 atom stereocenters. The van der Waals surface area contributed by atoms with Gasteiger partial charge in [0.2, 0.25) is 0 Å². The summed E-state index contributed by atoms with van der Waals surface area (Å²) in [5.41, 5.74) is 1.21. The van der Waals surface area contributed by atoms with E-state index in [-0.39, 0.29) is 6.03 Å². The molecule has 0 radical (unpaired) electrons. The van der Waals surface area contributed by atoms with Crippen LogP contribution in [0.3, 0.4) is 0 Å². The van der Waals surface area contributed by atoms with Crippen LogP contribution in [0.1, 0.15) is 40.5 Å². The molecular weight excluding hydrogens is 200 g/mol. The molecule has 0 aliphatic carbocycles. The molecule has 1 rings (SSSR count). The molecule has 0 aromatic heterocycles. The molecule has 0 aromatic carbocycles. The average molecular weight is 224 g/mol. The molecule has 1 aliphatic rings. The van der Waals surface area contributed by atoms with Crippen LogP contribution in [0.5, 0.6) is 0 Å². The first-order chi connectivity index (χ1) is 7.50. The Morgan fingerprint density at radius 3 is 2.44 bits per heavy atom. The van der Waals surface area contributed by atoms with Crippen LogP contribution in [-0.2, 0) is 0 Å². The number of hydrogen-bond donors (Lipinski definition) is 1. The summed E-state index contributed by atoms with van der Waals surface area (Å²) in [7, 11) is 0. The minimum atomic E-state index is 0.0481. The van der Waals surface area contributed by atoms with Crippen LogP contribution < -0.4 is 5.32 Å². The number of carbonyl (C=O) groups excluding carboxylic acids is 1. The maximum absolute atomic E-state index is 11.8. The van der Waals surface area contributed by atoms with E-state index < -0.39 is 0 Å². The summed E-state index contributed by atoms with van der Waals surface area (Å²) in [6, 6.07) is 0.0481. The molecule has 16 heavy (non-hydrogen) atoms. The molecular formula is C13H24N2O. The highest BCUT2D eigenvalue weighted by Crippen LogP contribution is 2.15. The van der Waals surface area contributed by atoms with E-state index in [0.717, 1.165) is 31.8 Å². The van der Waals surface area contributed by atoms with Gasteiger partial charge in [0.1, 0.15) is 0 Å².